The van der Waals surface area contributed by atoms with Crippen LogP contribution in [0.4, 0.5) is 17.5 Å². The molecule has 116 valence electrons. The molecular weight excluding hydrogens is 274 g/mol. The molecule has 0 aromatic carbocycles. The van der Waals surface area contributed by atoms with Gasteiger partial charge in [-0.2, -0.15) is 4.98 Å². The van der Waals surface area contributed by atoms with Gasteiger partial charge < -0.3 is 15.7 Å². The Morgan fingerprint density at radius 3 is 2.76 bits per heavy atom. The minimum atomic E-state index is -0.494. The molecule has 2 unspecified atom stereocenters. The van der Waals surface area contributed by atoms with Crippen LogP contribution in [-0.2, 0) is 0 Å². The summed E-state index contributed by atoms with van der Waals surface area (Å²) in [7, 11) is 1.66. The third kappa shape index (κ3) is 3.78. The van der Waals surface area contributed by atoms with E-state index < -0.39 is 4.92 Å². The van der Waals surface area contributed by atoms with Crippen LogP contribution in [-0.4, -0.2) is 40.2 Å². The molecule has 8 nitrogen and oxygen atoms in total. The van der Waals surface area contributed by atoms with E-state index in [1.807, 2.05) is 0 Å². The molecule has 1 aliphatic carbocycles. The van der Waals surface area contributed by atoms with Crippen LogP contribution in [0.25, 0.3) is 0 Å². The molecule has 8 heteroatoms. The van der Waals surface area contributed by atoms with Crippen LogP contribution in [0.5, 0.6) is 0 Å². The molecule has 1 aromatic heterocycles. The van der Waals surface area contributed by atoms with Crippen molar-refractivity contribution in [1.29, 1.82) is 0 Å². The standard InChI is InChI=1S/C13H21N5O3/c1-14-13-16-7-11(18(20)21)12(17-13)15-6-9-4-2-3-5-10(9)8-19/h7,9-10,19H,2-6,8H2,1H3,(H2,14,15,16,17). The number of anilines is 2. The van der Waals surface area contributed by atoms with E-state index in [2.05, 4.69) is 20.6 Å². The van der Waals surface area contributed by atoms with Crippen molar-refractivity contribution in [3.63, 3.8) is 0 Å². The highest BCUT2D eigenvalue weighted by Crippen LogP contribution is 2.30. The van der Waals surface area contributed by atoms with Gasteiger partial charge in [-0.15, -0.1) is 0 Å². The fourth-order valence-corrected chi connectivity index (χ4v) is 2.78. The second-order valence-electron chi connectivity index (χ2n) is 5.30. The number of nitrogens with one attached hydrogen (secondary N) is 2. The van der Waals surface area contributed by atoms with E-state index in [4.69, 9.17) is 0 Å². The van der Waals surface area contributed by atoms with Gasteiger partial charge in [0.25, 0.3) is 0 Å². The predicted octanol–water partition coefficient (Wildman–Crippen LogP) is 1.64. The zero-order valence-corrected chi connectivity index (χ0v) is 12.1. The van der Waals surface area contributed by atoms with Gasteiger partial charge in [0.1, 0.15) is 6.20 Å². The summed E-state index contributed by atoms with van der Waals surface area (Å²) in [5, 5.41) is 26.3. The summed E-state index contributed by atoms with van der Waals surface area (Å²) in [6.45, 7) is 0.742. The van der Waals surface area contributed by atoms with E-state index in [0.717, 1.165) is 25.7 Å². The first-order chi connectivity index (χ1) is 10.2. The van der Waals surface area contributed by atoms with Gasteiger partial charge in [0.05, 0.1) is 4.92 Å². The smallest absolute Gasteiger partial charge is 0.329 e. The molecule has 1 fully saturated rings. The molecule has 2 atom stereocenters. The van der Waals surface area contributed by atoms with E-state index in [9.17, 15) is 15.2 Å². The monoisotopic (exact) mass is 295 g/mol. The Hall–Kier alpha value is -1.96. The van der Waals surface area contributed by atoms with Crippen molar-refractivity contribution in [2.24, 2.45) is 11.8 Å². The van der Waals surface area contributed by atoms with Crippen LogP contribution < -0.4 is 10.6 Å². The number of rotatable bonds is 6. The second-order valence-corrected chi connectivity index (χ2v) is 5.30. The van der Waals surface area contributed by atoms with Crippen LogP contribution in [0.2, 0.25) is 0 Å². The number of aliphatic hydroxyl groups excluding tert-OH is 1. The Bertz CT molecular complexity index is 497. The van der Waals surface area contributed by atoms with Crippen molar-refractivity contribution in [1.82, 2.24) is 9.97 Å². The predicted molar refractivity (Wildman–Crippen MR) is 79.3 cm³/mol. The molecule has 1 heterocycles. The quantitative estimate of drug-likeness (QED) is 0.540. The molecule has 0 spiro atoms. The van der Waals surface area contributed by atoms with E-state index in [-0.39, 0.29) is 24.0 Å². The lowest BCUT2D eigenvalue weighted by molar-refractivity contribution is -0.384. The summed E-state index contributed by atoms with van der Waals surface area (Å²) < 4.78 is 0. The van der Waals surface area contributed by atoms with E-state index in [0.29, 0.717) is 18.4 Å². The number of hydrogen-bond acceptors (Lipinski definition) is 7. The highest BCUT2D eigenvalue weighted by atomic mass is 16.6. The summed E-state index contributed by atoms with van der Waals surface area (Å²) in [6.07, 6.45) is 5.51. The molecule has 2 rings (SSSR count). The maximum Gasteiger partial charge on any atom is 0.329 e. The SMILES string of the molecule is CNc1ncc([N+](=O)[O-])c(NCC2CCCCC2CO)n1. The van der Waals surface area contributed by atoms with Gasteiger partial charge in [-0.1, -0.05) is 12.8 Å². The molecule has 1 aliphatic rings. The first kappa shape index (κ1) is 15.4. The maximum atomic E-state index is 11.0. The number of nitrogens with zero attached hydrogens (tertiary/aromatic N) is 3. The third-order valence-electron chi connectivity index (χ3n) is 4.02. The Morgan fingerprint density at radius 1 is 1.43 bits per heavy atom. The number of aliphatic hydroxyl groups is 1. The van der Waals surface area contributed by atoms with Crippen LogP contribution in [0.3, 0.4) is 0 Å². The Morgan fingerprint density at radius 2 is 2.14 bits per heavy atom. The number of hydrogen-bond donors (Lipinski definition) is 3. The van der Waals surface area contributed by atoms with Crippen molar-refractivity contribution in [2.45, 2.75) is 25.7 Å². The average Bonchev–Trinajstić information content (AvgIpc) is 2.52. The largest absolute Gasteiger partial charge is 0.396 e. The van der Waals surface area contributed by atoms with E-state index in [1.165, 1.54) is 6.20 Å². The molecule has 0 bridgehead atoms. The highest BCUT2D eigenvalue weighted by Gasteiger charge is 2.25. The Labute approximate surface area is 123 Å². The van der Waals surface area contributed by atoms with Crippen molar-refractivity contribution in [2.75, 3.05) is 30.8 Å². The molecule has 21 heavy (non-hydrogen) atoms. The van der Waals surface area contributed by atoms with Gasteiger partial charge in [0.15, 0.2) is 0 Å². The lowest BCUT2D eigenvalue weighted by Crippen LogP contribution is -2.29. The summed E-state index contributed by atoms with van der Waals surface area (Å²) >= 11 is 0. The van der Waals surface area contributed by atoms with Crippen molar-refractivity contribution < 1.29 is 10.0 Å². The van der Waals surface area contributed by atoms with Gasteiger partial charge in [-0.05, 0) is 24.7 Å². The summed E-state index contributed by atoms with van der Waals surface area (Å²) in [5.74, 6) is 1.14. The van der Waals surface area contributed by atoms with E-state index >= 15 is 0 Å². The number of aromatic nitrogens is 2. The lowest BCUT2D eigenvalue weighted by Gasteiger charge is -2.30. The van der Waals surface area contributed by atoms with Gasteiger partial charge >= 0.3 is 5.69 Å². The Kier molecular flexibility index (Phi) is 5.26. The molecule has 3 N–H and O–H groups in total. The second kappa shape index (κ2) is 7.16. The first-order valence-electron chi connectivity index (χ1n) is 7.19. The molecule has 0 saturated heterocycles. The molecule has 1 saturated carbocycles. The normalized spacial score (nSPS) is 21.8. The molecule has 0 amide bonds. The minimum Gasteiger partial charge on any atom is -0.396 e. The summed E-state index contributed by atoms with van der Waals surface area (Å²) in [5.41, 5.74) is -0.134. The maximum absolute atomic E-state index is 11.0. The van der Waals surface area contributed by atoms with Crippen molar-refractivity contribution in [3.8, 4) is 0 Å². The highest BCUT2D eigenvalue weighted by molar-refractivity contribution is 5.56. The molecule has 0 radical (unpaired) electrons. The zero-order chi connectivity index (χ0) is 15.2. The summed E-state index contributed by atoms with van der Waals surface area (Å²) in [6, 6.07) is 0. The van der Waals surface area contributed by atoms with Gasteiger partial charge in [0.2, 0.25) is 11.8 Å². The molecule has 1 aromatic rings. The van der Waals surface area contributed by atoms with Gasteiger partial charge in [0, 0.05) is 20.2 Å². The topological polar surface area (TPSA) is 113 Å². The lowest BCUT2D eigenvalue weighted by atomic mass is 9.79. The Balaban J connectivity index is 2.09. The fraction of sp³-hybridized carbons (Fsp3) is 0.692. The van der Waals surface area contributed by atoms with Gasteiger partial charge in [-0.3, -0.25) is 10.1 Å². The fourth-order valence-electron chi connectivity index (χ4n) is 2.78. The van der Waals surface area contributed by atoms with Crippen LogP contribution in [0, 0.1) is 22.0 Å². The zero-order valence-electron chi connectivity index (χ0n) is 12.1. The van der Waals surface area contributed by atoms with Gasteiger partial charge in [-0.25, -0.2) is 4.98 Å². The first-order valence-corrected chi connectivity index (χ1v) is 7.19. The minimum absolute atomic E-state index is 0.134. The van der Waals surface area contributed by atoms with Crippen molar-refractivity contribution >= 4 is 17.5 Å². The third-order valence-corrected chi connectivity index (χ3v) is 4.02. The van der Waals surface area contributed by atoms with Crippen LogP contribution in [0.15, 0.2) is 6.20 Å². The van der Waals surface area contributed by atoms with E-state index in [1.54, 1.807) is 7.05 Å². The van der Waals surface area contributed by atoms with Crippen LogP contribution >= 0.6 is 0 Å². The average molecular weight is 295 g/mol. The molecule has 0 aliphatic heterocycles. The summed E-state index contributed by atoms with van der Waals surface area (Å²) in [4.78, 5) is 18.5. The van der Waals surface area contributed by atoms with Crippen LogP contribution in [0.1, 0.15) is 25.7 Å². The van der Waals surface area contributed by atoms with Crippen molar-refractivity contribution in [3.05, 3.63) is 16.3 Å². The molecular formula is C13H21N5O3. The number of nitro groups is 1.